The number of nitrogens with one attached hydrogen (secondary N) is 1. The number of nitrogens with zero attached hydrogens (tertiary/aromatic N) is 2. The Balaban J connectivity index is 1.75. The van der Waals surface area contributed by atoms with Crippen molar-refractivity contribution in [1.82, 2.24) is 15.1 Å². The molecule has 0 spiro atoms. The van der Waals surface area contributed by atoms with Crippen molar-refractivity contribution in [3.63, 3.8) is 0 Å². The Kier molecular flexibility index (Phi) is 6.16. The fraction of sp³-hybridized carbons (Fsp3) is 0.714. The second-order valence-corrected chi connectivity index (χ2v) is 8.71. The van der Waals surface area contributed by atoms with Gasteiger partial charge >= 0.3 is 0 Å². The Hall–Kier alpha value is -0.940. The molecule has 1 aromatic rings. The molecule has 0 bridgehead atoms. The van der Waals surface area contributed by atoms with Gasteiger partial charge in [-0.25, -0.2) is 0 Å². The number of rotatable bonds is 4. The lowest BCUT2D eigenvalue weighted by molar-refractivity contribution is 0.0589. The van der Waals surface area contributed by atoms with Gasteiger partial charge in [-0.15, -0.1) is 0 Å². The van der Waals surface area contributed by atoms with Crippen LogP contribution in [0, 0.1) is 0 Å². The Morgan fingerprint density at radius 3 is 2.20 bits per heavy atom. The molecule has 2 saturated heterocycles. The van der Waals surface area contributed by atoms with E-state index in [1.54, 1.807) is 0 Å². The van der Waals surface area contributed by atoms with Crippen LogP contribution in [0.2, 0.25) is 0 Å². The van der Waals surface area contributed by atoms with Crippen LogP contribution in [0.4, 0.5) is 0 Å². The number of hydrogen-bond acceptors (Lipinski definition) is 4. The van der Waals surface area contributed by atoms with Crippen molar-refractivity contribution in [2.24, 2.45) is 0 Å². The molecule has 3 rings (SSSR count). The van der Waals surface area contributed by atoms with Crippen LogP contribution in [0.1, 0.15) is 50.8 Å². The first-order valence-corrected chi connectivity index (χ1v) is 9.89. The highest BCUT2D eigenvalue weighted by atomic mass is 16.3. The van der Waals surface area contributed by atoms with Crippen molar-refractivity contribution in [1.29, 1.82) is 0 Å². The van der Waals surface area contributed by atoms with Crippen molar-refractivity contribution in [3.8, 4) is 0 Å². The Labute approximate surface area is 153 Å². The number of hydrogen-bond donors (Lipinski definition) is 2. The standard InChI is InChI=1S/C21H35N3O/c1-21(2,3)18-6-4-17(5-7-18)20(24-14-10-22-11-15-24)16-23-12-8-19(25)9-13-23/h4-7,19-20,22,25H,8-16H2,1-3H3. The van der Waals surface area contributed by atoms with Crippen LogP contribution in [0.5, 0.6) is 0 Å². The van der Waals surface area contributed by atoms with E-state index >= 15 is 0 Å². The highest BCUT2D eigenvalue weighted by Gasteiger charge is 2.27. The van der Waals surface area contributed by atoms with Gasteiger partial charge < -0.3 is 15.3 Å². The van der Waals surface area contributed by atoms with Gasteiger partial charge in [0.15, 0.2) is 0 Å². The number of aliphatic hydroxyl groups excluding tert-OH is 1. The lowest BCUT2D eigenvalue weighted by atomic mass is 9.86. The third-order valence-corrected chi connectivity index (χ3v) is 5.74. The predicted molar refractivity (Wildman–Crippen MR) is 104 cm³/mol. The van der Waals surface area contributed by atoms with Crippen LogP contribution >= 0.6 is 0 Å². The summed E-state index contributed by atoms with van der Waals surface area (Å²) in [6.07, 6.45) is 1.73. The molecule has 2 fully saturated rings. The highest BCUT2D eigenvalue weighted by Crippen LogP contribution is 2.28. The van der Waals surface area contributed by atoms with Crippen LogP contribution in [0.3, 0.4) is 0 Å². The van der Waals surface area contributed by atoms with Crippen molar-refractivity contribution in [2.75, 3.05) is 45.8 Å². The Bertz CT molecular complexity index is 523. The molecule has 0 saturated carbocycles. The second kappa shape index (κ2) is 8.17. The number of likely N-dealkylation sites (tertiary alicyclic amines) is 1. The zero-order valence-corrected chi connectivity index (χ0v) is 16.2. The third kappa shape index (κ3) is 5.04. The average molecular weight is 346 g/mol. The number of benzene rings is 1. The van der Waals surface area contributed by atoms with E-state index < -0.39 is 0 Å². The van der Waals surface area contributed by atoms with Gasteiger partial charge in [-0.1, -0.05) is 45.0 Å². The van der Waals surface area contributed by atoms with E-state index in [1.165, 1.54) is 11.1 Å². The quantitative estimate of drug-likeness (QED) is 0.879. The van der Waals surface area contributed by atoms with E-state index in [1.807, 2.05) is 0 Å². The summed E-state index contributed by atoms with van der Waals surface area (Å²) in [6, 6.07) is 9.75. The first-order valence-electron chi connectivity index (χ1n) is 9.89. The van der Waals surface area contributed by atoms with Crippen LogP contribution < -0.4 is 5.32 Å². The maximum Gasteiger partial charge on any atom is 0.0564 e. The minimum Gasteiger partial charge on any atom is -0.393 e. The number of piperazine rings is 1. The zero-order valence-electron chi connectivity index (χ0n) is 16.2. The molecular weight excluding hydrogens is 310 g/mol. The van der Waals surface area contributed by atoms with E-state index in [0.29, 0.717) is 6.04 Å². The molecule has 0 aliphatic carbocycles. The van der Waals surface area contributed by atoms with Crippen LogP contribution in [-0.4, -0.2) is 66.8 Å². The molecule has 4 heteroatoms. The van der Waals surface area contributed by atoms with Crippen molar-refractivity contribution in [3.05, 3.63) is 35.4 Å². The normalized spacial score (nSPS) is 22.9. The summed E-state index contributed by atoms with van der Waals surface area (Å²) in [5.74, 6) is 0. The molecule has 2 aliphatic rings. The molecule has 1 aromatic carbocycles. The molecule has 2 N–H and O–H groups in total. The van der Waals surface area contributed by atoms with Gasteiger partial charge in [0, 0.05) is 51.9 Å². The molecule has 0 amide bonds. The SMILES string of the molecule is CC(C)(C)c1ccc(C(CN2CCC(O)CC2)N2CCNCC2)cc1. The summed E-state index contributed by atoms with van der Waals surface area (Å²) in [6.45, 7) is 14.3. The topological polar surface area (TPSA) is 38.7 Å². The summed E-state index contributed by atoms with van der Waals surface area (Å²) in [7, 11) is 0. The van der Waals surface area contributed by atoms with Gasteiger partial charge in [-0.3, -0.25) is 4.90 Å². The molecule has 1 atom stereocenters. The molecule has 2 aliphatic heterocycles. The fourth-order valence-electron chi connectivity index (χ4n) is 3.98. The molecule has 25 heavy (non-hydrogen) atoms. The van der Waals surface area contributed by atoms with E-state index in [2.05, 4.69) is 60.2 Å². The average Bonchev–Trinajstić information content (AvgIpc) is 2.61. The molecule has 0 aromatic heterocycles. The Morgan fingerprint density at radius 2 is 1.64 bits per heavy atom. The van der Waals surface area contributed by atoms with Crippen LogP contribution in [-0.2, 0) is 5.41 Å². The smallest absolute Gasteiger partial charge is 0.0564 e. The molecular formula is C21H35N3O. The molecule has 0 radical (unpaired) electrons. The first kappa shape index (κ1) is 18.8. The molecule has 2 heterocycles. The highest BCUT2D eigenvalue weighted by molar-refractivity contribution is 5.29. The summed E-state index contributed by atoms with van der Waals surface area (Å²) in [4.78, 5) is 5.17. The molecule has 1 unspecified atom stereocenters. The van der Waals surface area contributed by atoms with Crippen molar-refractivity contribution < 1.29 is 5.11 Å². The summed E-state index contributed by atoms with van der Waals surface area (Å²) in [5, 5.41) is 13.3. The van der Waals surface area contributed by atoms with Gasteiger partial charge in [0.05, 0.1) is 6.10 Å². The maximum atomic E-state index is 9.79. The maximum absolute atomic E-state index is 9.79. The summed E-state index contributed by atoms with van der Waals surface area (Å²) >= 11 is 0. The second-order valence-electron chi connectivity index (χ2n) is 8.71. The zero-order chi connectivity index (χ0) is 17.9. The van der Waals surface area contributed by atoms with Crippen molar-refractivity contribution >= 4 is 0 Å². The minimum atomic E-state index is -0.0973. The third-order valence-electron chi connectivity index (χ3n) is 5.74. The van der Waals surface area contributed by atoms with Gasteiger partial charge in [0.25, 0.3) is 0 Å². The van der Waals surface area contributed by atoms with Crippen LogP contribution in [0.15, 0.2) is 24.3 Å². The molecule has 4 nitrogen and oxygen atoms in total. The number of aliphatic hydroxyl groups is 1. The summed E-state index contributed by atoms with van der Waals surface area (Å²) < 4.78 is 0. The van der Waals surface area contributed by atoms with Gasteiger partial charge in [-0.2, -0.15) is 0 Å². The van der Waals surface area contributed by atoms with Gasteiger partial charge in [0.2, 0.25) is 0 Å². The van der Waals surface area contributed by atoms with E-state index in [9.17, 15) is 5.11 Å². The summed E-state index contributed by atoms with van der Waals surface area (Å²) in [5.41, 5.74) is 3.03. The van der Waals surface area contributed by atoms with Gasteiger partial charge in [0.1, 0.15) is 0 Å². The number of piperidine rings is 1. The lowest BCUT2D eigenvalue weighted by Gasteiger charge is -2.40. The van der Waals surface area contributed by atoms with Gasteiger partial charge in [-0.05, 0) is 29.4 Å². The lowest BCUT2D eigenvalue weighted by Crippen LogP contribution is -2.49. The monoisotopic (exact) mass is 345 g/mol. The Morgan fingerprint density at radius 1 is 1.04 bits per heavy atom. The minimum absolute atomic E-state index is 0.0973. The largest absolute Gasteiger partial charge is 0.393 e. The first-order chi connectivity index (χ1) is 11.9. The van der Waals surface area contributed by atoms with Crippen molar-refractivity contribution in [2.45, 2.75) is 51.2 Å². The van der Waals surface area contributed by atoms with Crippen LogP contribution in [0.25, 0.3) is 0 Å². The molecule has 140 valence electrons. The predicted octanol–water partition coefficient (Wildman–Crippen LogP) is 2.39. The van der Waals surface area contributed by atoms with E-state index in [-0.39, 0.29) is 11.5 Å². The van der Waals surface area contributed by atoms with E-state index in [4.69, 9.17) is 0 Å². The fourth-order valence-corrected chi connectivity index (χ4v) is 3.98. The van der Waals surface area contributed by atoms with E-state index in [0.717, 1.165) is 58.7 Å².